The minimum Gasteiger partial charge on any atom is -0.292 e. The maximum absolute atomic E-state index is 11.5. The van der Waals surface area contributed by atoms with Gasteiger partial charge in [0.25, 0.3) is 0 Å². The Morgan fingerprint density at radius 2 is 1.96 bits per heavy atom. The Morgan fingerprint density at radius 3 is 2.61 bits per heavy atom. The summed E-state index contributed by atoms with van der Waals surface area (Å²) in [5.41, 5.74) is 3.13. The molecule has 1 fully saturated rings. The number of likely N-dealkylation sites (tertiary alicyclic amines) is 1. The topological polar surface area (TPSA) is 46.4 Å². The van der Waals surface area contributed by atoms with E-state index >= 15 is 0 Å². The van der Waals surface area contributed by atoms with Crippen molar-refractivity contribution >= 4 is 11.6 Å². The maximum atomic E-state index is 11.5. The maximum Gasteiger partial charge on any atom is 0.233 e. The van der Waals surface area contributed by atoms with Gasteiger partial charge in [0.1, 0.15) is 0 Å². The predicted octanol–water partition coefficient (Wildman–Crippen LogP) is 3.89. The molecule has 1 aliphatic rings. The monoisotopic (exact) mass is 330 g/mol. The lowest BCUT2D eigenvalue weighted by molar-refractivity contribution is -0.521. The molecule has 2 atom stereocenters. The van der Waals surface area contributed by atoms with Crippen LogP contribution in [0.2, 0.25) is 5.02 Å². The van der Waals surface area contributed by atoms with Gasteiger partial charge in [-0.05, 0) is 29.7 Å². The molecular formula is C18H19ClN2O2. The molecule has 1 saturated heterocycles. The highest BCUT2D eigenvalue weighted by Gasteiger charge is 2.41. The molecule has 0 N–H and O–H groups in total. The van der Waals surface area contributed by atoms with E-state index in [2.05, 4.69) is 17.0 Å². The van der Waals surface area contributed by atoms with Gasteiger partial charge in [-0.25, -0.2) is 0 Å². The van der Waals surface area contributed by atoms with E-state index in [4.69, 9.17) is 11.6 Å². The van der Waals surface area contributed by atoms with Crippen LogP contribution in [0, 0.1) is 17.0 Å². The molecule has 0 unspecified atom stereocenters. The third-order valence-electron chi connectivity index (χ3n) is 4.51. The Bertz CT molecular complexity index is 705. The highest BCUT2D eigenvalue weighted by Crippen LogP contribution is 2.32. The molecule has 2 aromatic rings. The van der Waals surface area contributed by atoms with E-state index in [1.165, 1.54) is 5.56 Å². The fourth-order valence-electron chi connectivity index (χ4n) is 3.22. The number of rotatable bonds is 4. The van der Waals surface area contributed by atoms with Crippen molar-refractivity contribution < 1.29 is 4.92 Å². The van der Waals surface area contributed by atoms with Crippen LogP contribution in [-0.2, 0) is 6.54 Å². The van der Waals surface area contributed by atoms with Crippen LogP contribution in [0.3, 0.4) is 0 Å². The molecule has 23 heavy (non-hydrogen) atoms. The first-order valence-electron chi connectivity index (χ1n) is 7.70. The normalized spacial score (nSPS) is 21.5. The molecule has 1 heterocycles. The summed E-state index contributed by atoms with van der Waals surface area (Å²) < 4.78 is 0. The number of hydrogen-bond acceptors (Lipinski definition) is 3. The highest BCUT2D eigenvalue weighted by molar-refractivity contribution is 6.31. The summed E-state index contributed by atoms with van der Waals surface area (Å²) in [5, 5.41) is 12.2. The third-order valence-corrected chi connectivity index (χ3v) is 4.92. The minimum atomic E-state index is -0.586. The number of aryl methyl sites for hydroxylation is 1. The Morgan fingerprint density at radius 1 is 1.22 bits per heavy atom. The van der Waals surface area contributed by atoms with E-state index in [1.54, 1.807) is 0 Å². The zero-order chi connectivity index (χ0) is 16.4. The molecule has 1 aliphatic heterocycles. The molecular weight excluding hydrogens is 312 g/mol. The van der Waals surface area contributed by atoms with Gasteiger partial charge in [-0.2, -0.15) is 0 Å². The highest BCUT2D eigenvalue weighted by atomic mass is 35.5. The Labute approximate surface area is 140 Å². The van der Waals surface area contributed by atoms with Crippen molar-refractivity contribution in [2.45, 2.75) is 25.4 Å². The molecule has 120 valence electrons. The number of nitro groups is 1. The summed E-state index contributed by atoms with van der Waals surface area (Å²) >= 11 is 6.20. The van der Waals surface area contributed by atoms with Crippen LogP contribution in [0.15, 0.2) is 48.5 Å². The van der Waals surface area contributed by atoms with E-state index in [0.29, 0.717) is 18.1 Å². The van der Waals surface area contributed by atoms with Gasteiger partial charge in [-0.3, -0.25) is 15.0 Å². The number of nitrogens with zero attached hydrogens (tertiary/aromatic N) is 2. The summed E-state index contributed by atoms with van der Waals surface area (Å²) in [4.78, 5) is 13.5. The van der Waals surface area contributed by atoms with Crippen LogP contribution in [0.1, 0.15) is 22.6 Å². The van der Waals surface area contributed by atoms with E-state index in [0.717, 1.165) is 17.7 Å². The zero-order valence-electron chi connectivity index (χ0n) is 13.0. The fourth-order valence-corrected chi connectivity index (χ4v) is 3.41. The van der Waals surface area contributed by atoms with Crippen LogP contribution < -0.4 is 0 Å². The average molecular weight is 331 g/mol. The second-order valence-electron chi connectivity index (χ2n) is 6.15. The van der Waals surface area contributed by atoms with Crippen LogP contribution in [0.4, 0.5) is 0 Å². The van der Waals surface area contributed by atoms with Gasteiger partial charge in [0, 0.05) is 23.0 Å². The quantitative estimate of drug-likeness (QED) is 0.631. The van der Waals surface area contributed by atoms with Crippen molar-refractivity contribution in [3.8, 4) is 0 Å². The van der Waals surface area contributed by atoms with E-state index in [-0.39, 0.29) is 10.8 Å². The van der Waals surface area contributed by atoms with Gasteiger partial charge >= 0.3 is 0 Å². The molecule has 2 aromatic carbocycles. The van der Waals surface area contributed by atoms with Crippen molar-refractivity contribution in [3.63, 3.8) is 0 Å². The number of benzene rings is 2. The van der Waals surface area contributed by atoms with Crippen LogP contribution in [-0.4, -0.2) is 29.0 Å². The van der Waals surface area contributed by atoms with Crippen LogP contribution in [0.5, 0.6) is 0 Å². The SMILES string of the molecule is Cc1ccc([C@H]2CN(Cc3ccccc3)C[C@@H]2[N+](=O)[O-])cc1Cl. The zero-order valence-corrected chi connectivity index (χ0v) is 13.7. The number of hydrogen-bond donors (Lipinski definition) is 0. The van der Waals surface area contributed by atoms with Gasteiger partial charge in [0.15, 0.2) is 0 Å². The van der Waals surface area contributed by atoms with Crippen molar-refractivity contribution in [2.75, 3.05) is 13.1 Å². The molecule has 3 rings (SSSR count). The first kappa shape index (κ1) is 16.0. The standard InChI is InChI=1S/C18H19ClN2O2/c1-13-7-8-15(9-17(13)19)16-11-20(12-18(16)21(22)23)10-14-5-3-2-4-6-14/h2-9,16,18H,10-12H2,1H3/t16-,18+/m1/s1. The lowest BCUT2D eigenvalue weighted by atomic mass is 9.94. The van der Waals surface area contributed by atoms with Crippen molar-refractivity contribution in [1.82, 2.24) is 4.90 Å². The Balaban J connectivity index is 1.81. The van der Waals surface area contributed by atoms with Gasteiger partial charge in [-0.1, -0.05) is 54.1 Å². The second kappa shape index (κ2) is 6.69. The van der Waals surface area contributed by atoms with E-state index in [1.807, 2.05) is 43.3 Å². The van der Waals surface area contributed by atoms with Crippen LogP contribution in [0.25, 0.3) is 0 Å². The van der Waals surface area contributed by atoms with Gasteiger partial charge in [-0.15, -0.1) is 0 Å². The predicted molar refractivity (Wildman–Crippen MR) is 91.4 cm³/mol. The smallest absolute Gasteiger partial charge is 0.233 e. The molecule has 0 saturated carbocycles. The second-order valence-corrected chi connectivity index (χ2v) is 6.55. The lowest BCUT2D eigenvalue weighted by Crippen LogP contribution is -2.28. The summed E-state index contributed by atoms with van der Waals surface area (Å²) in [7, 11) is 0. The molecule has 0 spiro atoms. The average Bonchev–Trinajstić information content (AvgIpc) is 2.95. The largest absolute Gasteiger partial charge is 0.292 e. The first-order valence-corrected chi connectivity index (χ1v) is 8.08. The van der Waals surface area contributed by atoms with E-state index < -0.39 is 6.04 Å². The van der Waals surface area contributed by atoms with Crippen molar-refractivity contribution in [3.05, 3.63) is 80.4 Å². The molecule has 4 nitrogen and oxygen atoms in total. The Kier molecular flexibility index (Phi) is 4.64. The molecule has 0 radical (unpaired) electrons. The number of halogens is 1. The summed E-state index contributed by atoms with van der Waals surface area (Å²) in [6.45, 7) is 3.83. The molecule has 0 bridgehead atoms. The van der Waals surface area contributed by atoms with Gasteiger partial charge in [0.05, 0.1) is 12.5 Å². The fraction of sp³-hybridized carbons (Fsp3) is 0.333. The van der Waals surface area contributed by atoms with Gasteiger partial charge < -0.3 is 0 Å². The summed E-state index contributed by atoms with van der Waals surface area (Å²) in [6.07, 6.45) is 0. The third kappa shape index (κ3) is 3.54. The first-order chi connectivity index (χ1) is 11.0. The van der Waals surface area contributed by atoms with Crippen molar-refractivity contribution in [2.24, 2.45) is 0 Å². The van der Waals surface area contributed by atoms with Crippen molar-refractivity contribution in [1.29, 1.82) is 0 Å². The summed E-state index contributed by atoms with van der Waals surface area (Å²) in [5.74, 6) is -0.119. The molecule has 5 heteroatoms. The molecule has 0 aromatic heterocycles. The van der Waals surface area contributed by atoms with Gasteiger partial charge in [0.2, 0.25) is 6.04 Å². The lowest BCUT2D eigenvalue weighted by Gasteiger charge is -2.15. The minimum absolute atomic E-state index is 0.119. The molecule has 0 aliphatic carbocycles. The van der Waals surface area contributed by atoms with Crippen LogP contribution >= 0.6 is 11.6 Å². The molecule has 0 amide bonds. The summed E-state index contributed by atoms with van der Waals surface area (Å²) in [6, 6.07) is 15.3. The Hall–Kier alpha value is -1.91. The van der Waals surface area contributed by atoms with E-state index in [9.17, 15) is 10.1 Å².